The van der Waals surface area contributed by atoms with E-state index in [1.165, 1.54) is 19.2 Å². The standard InChI is InChI=1S/C11H11ClO4/c1-3-16-11(14)10-7(6-13)9(15-2)5-4-8(10)12/h4-6H,3H2,1-2H3. The highest BCUT2D eigenvalue weighted by molar-refractivity contribution is 6.34. The molecule has 86 valence electrons. The van der Waals surface area contributed by atoms with Gasteiger partial charge in [-0.3, -0.25) is 4.79 Å². The molecule has 0 amide bonds. The third-order valence-electron chi connectivity index (χ3n) is 1.97. The fourth-order valence-corrected chi connectivity index (χ4v) is 1.52. The highest BCUT2D eigenvalue weighted by Crippen LogP contribution is 2.28. The van der Waals surface area contributed by atoms with Crippen LogP contribution in [-0.4, -0.2) is 26.0 Å². The van der Waals surface area contributed by atoms with Gasteiger partial charge in [0.25, 0.3) is 0 Å². The first-order valence-electron chi connectivity index (χ1n) is 4.64. The molecule has 0 bridgehead atoms. The molecular formula is C11H11ClO4. The lowest BCUT2D eigenvalue weighted by Crippen LogP contribution is -2.10. The van der Waals surface area contributed by atoms with Crippen LogP contribution in [0.2, 0.25) is 5.02 Å². The lowest BCUT2D eigenvalue weighted by atomic mass is 10.1. The van der Waals surface area contributed by atoms with Crippen LogP contribution < -0.4 is 4.74 Å². The van der Waals surface area contributed by atoms with Crippen molar-refractivity contribution in [1.82, 2.24) is 0 Å². The number of carbonyl (C=O) groups excluding carboxylic acids is 2. The van der Waals surface area contributed by atoms with Gasteiger partial charge < -0.3 is 9.47 Å². The molecule has 0 spiro atoms. The monoisotopic (exact) mass is 242 g/mol. The van der Waals surface area contributed by atoms with Crippen LogP contribution in [0, 0.1) is 0 Å². The number of carbonyl (C=O) groups is 2. The molecule has 1 aromatic rings. The van der Waals surface area contributed by atoms with Gasteiger partial charge >= 0.3 is 5.97 Å². The second-order valence-electron chi connectivity index (χ2n) is 2.88. The quantitative estimate of drug-likeness (QED) is 0.601. The number of rotatable bonds is 4. The van der Waals surface area contributed by atoms with Crippen molar-refractivity contribution in [1.29, 1.82) is 0 Å². The average Bonchev–Trinajstić information content (AvgIpc) is 2.28. The summed E-state index contributed by atoms with van der Waals surface area (Å²) < 4.78 is 9.78. The van der Waals surface area contributed by atoms with Crippen LogP contribution in [0.25, 0.3) is 0 Å². The van der Waals surface area contributed by atoms with Crippen molar-refractivity contribution in [3.63, 3.8) is 0 Å². The average molecular weight is 243 g/mol. The summed E-state index contributed by atoms with van der Waals surface area (Å²) in [4.78, 5) is 22.5. The number of hydrogen-bond acceptors (Lipinski definition) is 4. The van der Waals surface area contributed by atoms with Crippen molar-refractivity contribution < 1.29 is 19.1 Å². The van der Waals surface area contributed by atoms with Crippen LogP contribution in [0.15, 0.2) is 12.1 Å². The summed E-state index contributed by atoms with van der Waals surface area (Å²) in [5.74, 6) is -0.337. The first-order valence-corrected chi connectivity index (χ1v) is 5.02. The van der Waals surface area contributed by atoms with Crippen molar-refractivity contribution >= 4 is 23.9 Å². The summed E-state index contributed by atoms with van der Waals surface area (Å²) in [5.41, 5.74) is 0.145. The van der Waals surface area contributed by atoms with Gasteiger partial charge in [0, 0.05) is 0 Å². The number of aldehydes is 1. The van der Waals surface area contributed by atoms with Crippen molar-refractivity contribution in [2.45, 2.75) is 6.92 Å². The Balaban J connectivity index is 3.34. The zero-order chi connectivity index (χ0) is 12.1. The molecule has 5 heteroatoms. The summed E-state index contributed by atoms with van der Waals surface area (Å²) in [6, 6.07) is 3.01. The van der Waals surface area contributed by atoms with Gasteiger partial charge in [-0.15, -0.1) is 0 Å². The van der Waals surface area contributed by atoms with E-state index >= 15 is 0 Å². The Bertz CT molecular complexity index is 415. The molecular weight excluding hydrogens is 232 g/mol. The summed E-state index contributed by atoms with van der Waals surface area (Å²) in [6.07, 6.45) is 0.525. The highest BCUT2D eigenvalue weighted by Gasteiger charge is 2.20. The first kappa shape index (κ1) is 12.5. The fraction of sp³-hybridized carbons (Fsp3) is 0.273. The fourth-order valence-electron chi connectivity index (χ4n) is 1.28. The smallest absolute Gasteiger partial charge is 0.340 e. The van der Waals surface area contributed by atoms with Gasteiger partial charge in [-0.25, -0.2) is 4.79 Å². The molecule has 0 N–H and O–H groups in total. The van der Waals surface area contributed by atoms with Gasteiger partial charge in [0.15, 0.2) is 6.29 Å². The minimum absolute atomic E-state index is 0.0397. The Morgan fingerprint density at radius 3 is 2.69 bits per heavy atom. The first-order chi connectivity index (χ1) is 7.65. The number of esters is 1. The lowest BCUT2D eigenvalue weighted by Gasteiger charge is -2.10. The van der Waals surface area contributed by atoms with Crippen molar-refractivity contribution in [3.8, 4) is 5.75 Å². The van der Waals surface area contributed by atoms with E-state index in [-0.39, 0.29) is 22.8 Å². The van der Waals surface area contributed by atoms with Gasteiger partial charge in [-0.05, 0) is 19.1 Å². The molecule has 0 aliphatic rings. The zero-order valence-corrected chi connectivity index (χ0v) is 9.71. The maximum Gasteiger partial charge on any atom is 0.340 e. The van der Waals surface area contributed by atoms with E-state index in [4.69, 9.17) is 21.1 Å². The maximum atomic E-state index is 11.6. The number of benzene rings is 1. The summed E-state index contributed by atoms with van der Waals surface area (Å²) in [5, 5.41) is 0.168. The zero-order valence-electron chi connectivity index (χ0n) is 8.95. The van der Waals surface area contributed by atoms with E-state index in [0.29, 0.717) is 12.0 Å². The van der Waals surface area contributed by atoms with Gasteiger partial charge in [-0.1, -0.05) is 11.6 Å². The van der Waals surface area contributed by atoms with Crippen LogP contribution >= 0.6 is 11.6 Å². The van der Waals surface area contributed by atoms with Crippen LogP contribution in [0.5, 0.6) is 5.75 Å². The molecule has 0 heterocycles. The van der Waals surface area contributed by atoms with E-state index in [1.807, 2.05) is 0 Å². The predicted octanol–water partition coefficient (Wildman–Crippen LogP) is 2.34. The van der Waals surface area contributed by atoms with Gasteiger partial charge in [0.05, 0.1) is 29.9 Å². The van der Waals surface area contributed by atoms with Crippen molar-refractivity contribution in [2.24, 2.45) is 0 Å². The van der Waals surface area contributed by atoms with Crippen LogP contribution in [0.3, 0.4) is 0 Å². The molecule has 16 heavy (non-hydrogen) atoms. The van der Waals surface area contributed by atoms with Gasteiger partial charge in [0.1, 0.15) is 5.75 Å². The molecule has 0 radical (unpaired) electrons. The number of methoxy groups -OCH3 is 1. The second-order valence-corrected chi connectivity index (χ2v) is 3.28. The number of hydrogen-bond donors (Lipinski definition) is 0. The summed E-state index contributed by atoms with van der Waals surface area (Å²) >= 11 is 5.85. The van der Waals surface area contributed by atoms with Crippen molar-refractivity contribution in [2.75, 3.05) is 13.7 Å². The Labute approximate surface area is 98.1 Å². The van der Waals surface area contributed by atoms with Crippen LogP contribution in [0.4, 0.5) is 0 Å². The molecule has 0 atom stereocenters. The minimum atomic E-state index is -0.631. The molecule has 0 aromatic heterocycles. The number of ether oxygens (including phenoxy) is 2. The lowest BCUT2D eigenvalue weighted by molar-refractivity contribution is 0.0524. The van der Waals surface area contributed by atoms with Crippen LogP contribution in [0.1, 0.15) is 27.6 Å². The Morgan fingerprint density at radius 2 is 2.19 bits per heavy atom. The molecule has 0 aliphatic carbocycles. The molecule has 1 rings (SSSR count). The normalized spacial score (nSPS) is 9.69. The van der Waals surface area contributed by atoms with Crippen LogP contribution in [-0.2, 0) is 4.74 Å². The largest absolute Gasteiger partial charge is 0.496 e. The molecule has 0 unspecified atom stereocenters. The molecule has 0 fully saturated rings. The Morgan fingerprint density at radius 1 is 1.50 bits per heavy atom. The third-order valence-corrected chi connectivity index (χ3v) is 2.29. The Hall–Kier alpha value is -1.55. The van der Waals surface area contributed by atoms with E-state index in [1.54, 1.807) is 6.92 Å². The molecule has 0 saturated heterocycles. The highest BCUT2D eigenvalue weighted by atomic mass is 35.5. The minimum Gasteiger partial charge on any atom is -0.496 e. The Kier molecular flexibility index (Phi) is 4.31. The molecule has 0 saturated carbocycles. The van der Waals surface area contributed by atoms with E-state index in [9.17, 15) is 9.59 Å². The van der Waals surface area contributed by atoms with Gasteiger partial charge in [0.2, 0.25) is 0 Å². The predicted molar refractivity (Wildman–Crippen MR) is 59.3 cm³/mol. The van der Waals surface area contributed by atoms with E-state index in [2.05, 4.69) is 0 Å². The van der Waals surface area contributed by atoms with Gasteiger partial charge in [-0.2, -0.15) is 0 Å². The maximum absolute atomic E-state index is 11.6. The summed E-state index contributed by atoms with van der Waals surface area (Å²) in [6.45, 7) is 1.89. The molecule has 4 nitrogen and oxygen atoms in total. The topological polar surface area (TPSA) is 52.6 Å². The van der Waals surface area contributed by atoms with Crippen molar-refractivity contribution in [3.05, 3.63) is 28.3 Å². The summed E-state index contributed by atoms with van der Waals surface area (Å²) in [7, 11) is 1.41. The van der Waals surface area contributed by atoms with E-state index < -0.39 is 5.97 Å². The SMILES string of the molecule is CCOC(=O)c1c(Cl)ccc(OC)c1C=O. The molecule has 0 aliphatic heterocycles. The number of halogens is 1. The second kappa shape index (κ2) is 5.51. The molecule has 1 aromatic carbocycles. The van der Waals surface area contributed by atoms with E-state index in [0.717, 1.165) is 0 Å². The third kappa shape index (κ3) is 2.33.